The van der Waals surface area contributed by atoms with Crippen molar-refractivity contribution in [1.29, 1.82) is 0 Å². The van der Waals surface area contributed by atoms with Gasteiger partial charge in [-0.3, -0.25) is 12.5 Å². The average Bonchev–Trinajstić information content (AvgIpc) is 2.83. The van der Waals surface area contributed by atoms with E-state index in [1.165, 1.54) is 6.92 Å². The van der Waals surface area contributed by atoms with Crippen LogP contribution in [0.15, 0.2) is 51.1 Å². The zero-order chi connectivity index (χ0) is 33.4. The minimum atomic E-state index is -4.33. The number of rotatable bonds is 12. The van der Waals surface area contributed by atoms with Gasteiger partial charge in [-0.1, -0.05) is 60.0 Å². The molecule has 0 atom stereocenters. The summed E-state index contributed by atoms with van der Waals surface area (Å²) < 4.78 is 96.7. The van der Waals surface area contributed by atoms with Crippen LogP contribution in [0.2, 0.25) is 0 Å². The lowest BCUT2D eigenvalue weighted by Gasteiger charge is -2.28. The monoisotopic (exact) mass is 666 g/mol. The summed E-state index contributed by atoms with van der Waals surface area (Å²) in [5, 5.41) is 0. The summed E-state index contributed by atoms with van der Waals surface area (Å²) in [6.45, 7) is 15.0. The van der Waals surface area contributed by atoms with Crippen LogP contribution < -0.4 is 0 Å². The van der Waals surface area contributed by atoms with Crippen LogP contribution in [0.3, 0.4) is 0 Å². The van der Waals surface area contributed by atoms with Crippen LogP contribution in [0.4, 0.5) is 0 Å². The van der Waals surface area contributed by atoms with Crippen molar-refractivity contribution in [2.75, 3.05) is 19.8 Å². The maximum absolute atomic E-state index is 13.4. The van der Waals surface area contributed by atoms with Crippen molar-refractivity contribution >= 4 is 30.4 Å². The highest BCUT2D eigenvalue weighted by Gasteiger charge is 2.36. The normalized spacial score (nSPS) is 13.0. The maximum atomic E-state index is 13.4. The van der Waals surface area contributed by atoms with Gasteiger partial charge in [-0.25, -0.2) is 0 Å². The summed E-state index contributed by atoms with van der Waals surface area (Å²) in [6.07, 6.45) is 0. The molecule has 242 valence electrons. The van der Waals surface area contributed by atoms with Crippen LogP contribution in [0.5, 0.6) is 0 Å². The summed E-state index contributed by atoms with van der Waals surface area (Å²) in [4.78, 5) is -0.0296. The van der Waals surface area contributed by atoms with Gasteiger partial charge in [-0.05, 0) is 95.7 Å². The van der Waals surface area contributed by atoms with Crippen molar-refractivity contribution in [3.63, 3.8) is 0 Å². The van der Waals surface area contributed by atoms with Crippen molar-refractivity contribution < 1.29 is 37.8 Å². The second-order valence-corrected chi connectivity index (χ2v) is 16.8. The Hall–Kier alpha value is -2.61. The Morgan fingerprint density at radius 3 is 0.795 bits per heavy atom. The third kappa shape index (κ3) is 8.15. The van der Waals surface area contributed by atoms with Crippen LogP contribution in [0.25, 0.3) is 0 Å². The molecule has 12 heteroatoms. The minimum Gasteiger partial charge on any atom is -0.266 e. The second kappa shape index (κ2) is 13.0. The molecule has 0 heterocycles. The molecule has 0 radical (unpaired) electrons. The van der Waals surface area contributed by atoms with Crippen molar-refractivity contribution in [1.82, 2.24) is 0 Å². The number of hydrogen-bond acceptors (Lipinski definition) is 9. The molecule has 0 fully saturated rings. The first kappa shape index (κ1) is 35.9. The van der Waals surface area contributed by atoms with E-state index in [-0.39, 0.29) is 14.7 Å². The molecule has 0 aliphatic heterocycles. The highest BCUT2D eigenvalue weighted by molar-refractivity contribution is 7.87. The van der Waals surface area contributed by atoms with E-state index in [0.29, 0.717) is 33.4 Å². The van der Waals surface area contributed by atoms with E-state index in [9.17, 15) is 25.3 Å². The van der Waals surface area contributed by atoms with E-state index in [1.54, 1.807) is 77.9 Å². The van der Waals surface area contributed by atoms with E-state index in [4.69, 9.17) is 12.5 Å². The molecule has 0 aromatic heterocycles. The Balaban J connectivity index is 1.98. The lowest BCUT2D eigenvalue weighted by Crippen LogP contribution is -2.37. The van der Waals surface area contributed by atoms with Crippen molar-refractivity contribution in [3.8, 4) is 0 Å². The molecule has 3 rings (SSSR count). The quantitative estimate of drug-likeness (QED) is 0.214. The van der Waals surface area contributed by atoms with Crippen LogP contribution in [-0.4, -0.2) is 45.1 Å². The predicted octanol–water partition coefficient (Wildman–Crippen LogP) is 5.98. The van der Waals surface area contributed by atoms with Gasteiger partial charge in [0.05, 0.1) is 34.5 Å². The van der Waals surface area contributed by atoms with E-state index < -0.39 is 55.6 Å². The molecule has 0 N–H and O–H groups in total. The Morgan fingerprint density at radius 1 is 0.432 bits per heavy atom. The van der Waals surface area contributed by atoms with E-state index in [1.807, 2.05) is 20.8 Å². The SMILES string of the molecule is Cc1cc(C)c(S(=O)(=O)OCC(C)(COS(=O)(=O)c2c(C)cc(C)cc2C)COS(=O)(=O)c2c(C)cc(C)cc2C)c(C)c1. The fourth-order valence-corrected chi connectivity index (χ4v) is 10.0. The van der Waals surface area contributed by atoms with Crippen LogP contribution >= 0.6 is 0 Å². The first-order valence-corrected chi connectivity index (χ1v) is 18.2. The van der Waals surface area contributed by atoms with Gasteiger partial charge >= 0.3 is 0 Å². The zero-order valence-electron chi connectivity index (χ0n) is 27.0. The van der Waals surface area contributed by atoms with Crippen LogP contribution in [-0.2, 0) is 42.9 Å². The van der Waals surface area contributed by atoms with Gasteiger partial charge in [0.1, 0.15) is 0 Å². The lowest BCUT2D eigenvalue weighted by atomic mass is 9.95. The molecular weight excluding hydrogens is 625 g/mol. The van der Waals surface area contributed by atoms with Crippen molar-refractivity contribution in [3.05, 3.63) is 86.5 Å². The van der Waals surface area contributed by atoms with E-state index in [0.717, 1.165) is 16.7 Å². The summed E-state index contributed by atoms with van der Waals surface area (Å²) in [7, 11) is -13.0. The third-order valence-electron chi connectivity index (χ3n) is 7.25. The molecule has 0 aliphatic carbocycles. The topological polar surface area (TPSA) is 130 Å². The second-order valence-electron chi connectivity index (χ2n) is 12.1. The fourth-order valence-electron chi connectivity index (χ4n) is 5.64. The summed E-state index contributed by atoms with van der Waals surface area (Å²) >= 11 is 0. The number of hydrogen-bond donors (Lipinski definition) is 0. The molecule has 0 aliphatic rings. The first-order valence-electron chi connectivity index (χ1n) is 14.0. The van der Waals surface area contributed by atoms with Crippen LogP contribution in [0, 0.1) is 67.7 Å². The largest absolute Gasteiger partial charge is 0.297 e. The number of aryl methyl sites for hydroxylation is 9. The molecular formula is C32H42O9S3. The molecule has 3 aromatic carbocycles. The zero-order valence-corrected chi connectivity index (χ0v) is 29.4. The van der Waals surface area contributed by atoms with E-state index >= 15 is 0 Å². The Kier molecular flexibility index (Phi) is 10.6. The Morgan fingerprint density at radius 2 is 0.614 bits per heavy atom. The maximum Gasteiger partial charge on any atom is 0.297 e. The fraction of sp³-hybridized carbons (Fsp3) is 0.438. The van der Waals surface area contributed by atoms with Gasteiger partial charge in [0, 0.05) is 5.41 Å². The smallest absolute Gasteiger partial charge is 0.266 e. The molecule has 9 nitrogen and oxygen atoms in total. The summed E-state index contributed by atoms with van der Waals surface area (Å²) in [5.74, 6) is 0. The molecule has 0 amide bonds. The van der Waals surface area contributed by atoms with Crippen LogP contribution in [0.1, 0.15) is 57.0 Å². The molecule has 0 bridgehead atoms. The van der Waals surface area contributed by atoms with Gasteiger partial charge in [0.2, 0.25) is 0 Å². The first-order chi connectivity index (χ1) is 20.1. The molecule has 0 saturated heterocycles. The van der Waals surface area contributed by atoms with Gasteiger partial charge < -0.3 is 0 Å². The summed E-state index contributed by atoms with van der Waals surface area (Å²) in [5.41, 5.74) is 4.00. The molecule has 3 aromatic rings. The Labute approximate surface area is 262 Å². The highest BCUT2D eigenvalue weighted by Crippen LogP contribution is 2.31. The molecule has 44 heavy (non-hydrogen) atoms. The lowest BCUT2D eigenvalue weighted by molar-refractivity contribution is 0.0547. The van der Waals surface area contributed by atoms with E-state index in [2.05, 4.69) is 0 Å². The predicted molar refractivity (Wildman–Crippen MR) is 169 cm³/mol. The molecule has 0 unspecified atom stereocenters. The van der Waals surface area contributed by atoms with Crippen molar-refractivity contribution in [2.24, 2.45) is 5.41 Å². The van der Waals surface area contributed by atoms with Gasteiger partial charge in [-0.15, -0.1) is 0 Å². The minimum absolute atomic E-state index is 0.00987. The van der Waals surface area contributed by atoms with Gasteiger partial charge in [0.15, 0.2) is 0 Å². The summed E-state index contributed by atoms with van der Waals surface area (Å²) in [6, 6.07) is 10.3. The van der Waals surface area contributed by atoms with Crippen molar-refractivity contribution in [2.45, 2.75) is 83.9 Å². The standard InChI is InChI=1S/C32H42O9S3/c1-20-11-23(4)29(24(5)12-20)42(33,34)39-17-32(10,18-40-43(35,36)30-25(6)13-21(2)14-26(30)7)19-41-44(37,38)31-27(8)15-22(3)16-28(31)9/h11-16H,17-19H2,1-10H3. The Bertz CT molecular complexity index is 1620. The average molecular weight is 667 g/mol. The molecule has 0 spiro atoms. The van der Waals surface area contributed by atoms with Gasteiger partial charge in [-0.2, -0.15) is 25.3 Å². The molecule has 0 saturated carbocycles. The highest BCUT2D eigenvalue weighted by atomic mass is 32.2. The third-order valence-corrected chi connectivity index (χ3v) is 12.0. The van der Waals surface area contributed by atoms with Gasteiger partial charge in [0.25, 0.3) is 30.4 Å². The number of benzene rings is 3.